The molecule has 7 aromatic rings. The zero-order valence-corrected chi connectivity index (χ0v) is 27.8. The summed E-state index contributed by atoms with van der Waals surface area (Å²) in [6, 6.07) is 28.4. The first kappa shape index (κ1) is 30.7. The Balaban J connectivity index is 1.43. The minimum Gasteiger partial charge on any atom is -0.481 e. The third kappa shape index (κ3) is 5.62. The maximum Gasteiger partial charge on any atom is 0.148 e. The molecule has 0 atom stereocenters. The second kappa shape index (κ2) is 13.2. The number of aromatic nitrogens is 7. The number of benzene rings is 1. The third-order valence-electron chi connectivity index (χ3n) is 9.13. The first-order chi connectivity index (χ1) is 25.7. The van der Waals surface area contributed by atoms with Crippen molar-refractivity contribution in [1.29, 1.82) is 0 Å². The van der Waals surface area contributed by atoms with Crippen molar-refractivity contribution in [2.45, 2.75) is 0 Å². The Morgan fingerprint density at radius 3 is 1.10 bits per heavy atom. The molecular weight excluding hydrogens is 643 g/mol. The van der Waals surface area contributed by atoms with Crippen molar-refractivity contribution in [3.63, 3.8) is 0 Å². The molecular formula is C44H29N7O. The molecule has 2 aliphatic heterocycles. The van der Waals surface area contributed by atoms with Gasteiger partial charge in [0.05, 0.1) is 22.8 Å². The molecule has 2 aliphatic rings. The molecule has 0 amide bonds. The van der Waals surface area contributed by atoms with E-state index in [-0.39, 0.29) is 6.61 Å². The molecule has 8 bridgehead atoms. The van der Waals surface area contributed by atoms with Crippen LogP contribution in [0.4, 0.5) is 0 Å². The number of pyridine rings is 3. The van der Waals surface area contributed by atoms with Gasteiger partial charge in [0.25, 0.3) is 0 Å². The Labute approximate surface area is 299 Å². The summed E-state index contributed by atoms with van der Waals surface area (Å²) in [4.78, 5) is 31.0. The lowest BCUT2D eigenvalue weighted by molar-refractivity contribution is 0.370. The van der Waals surface area contributed by atoms with E-state index >= 15 is 0 Å². The predicted molar refractivity (Wildman–Crippen MR) is 208 cm³/mol. The smallest absolute Gasteiger partial charge is 0.148 e. The van der Waals surface area contributed by atoms with Gasteiger partial charge >= 0.3 is 0 Å². The van der Waals surface area contributed by atoms with Gasteiger partial charge in [0.1, 0.15) is 12.4 Å². The zero-order valence-electron chi connectivity index (χ0n) is 27.8. The van der Waals surface area contributed by atoms with E-state index < -0.39 is 0 Å². The molecule has 8 nitrogen and oxygen atoms in total. The fourth-order valence-electron chi connectivity index (χ4n) is 6.82. The van der Waals surface area contributed by atoms with Crippen LogP contribution in [-0.2, 0) is 0 Å². The highest BCUT2D eigenvalue weighted by Crippen LogP contribution is 2.38. The minimum atomic E-state index is 0.199. The van der Waals surface area contributed by atoms with Gasteiger partial charge in [-0.15, -0.1) is 6.42 Å². The molecule has 0 saturated carbocycles. The van der Waals surface area contributed by atoms with Crippen LogP contribution >= 0.6 is 0 Å². The van der Waals surface area contributed by atoms with Crippen molar-refractivity contribution in [2.24, 2.45) is 0 Å². The van der Waals surface area contributed by atoms with Crippen LogP contribution in [0.2, 0.25) is 0 Å². The van der Waals surface area contributed by atoms with Gasteiger partial charge in [-0.2, -0.15) is 0 Å². The number of nitrogens with zero attached hydrogens (tertiary/aromatic N) is 5. The Morgan fingerprint density at radius 1 is 0.442 bits per heavy atom. The summed E-state index contributed by atoms with van der Waals surface area (Å²) >= 11 is 0. The summed E-state index contributed by atoms with van der Waals surface area (Å²) in [5, 5.41) is 0. The zero-order chi connectivity index (χ0) is 34.9. The van der Waals surface area contributed by atoms with Crippen molar-refractivity contribution in [2.75, 3.05) is 6.61 Å². The van der Waals surface area contributed by atoms with Gasteiger partial charge < -0.3 is 14.7 Å². The van der Waals surface area contributed by atoms with E-state index in [2.05, 4.69) is 79.4 Å². The van der Waals surface area contributed by atoms with Crippen LogP contribution in [-0.4, -0.2) is 41.5 Å². The van der Waals surface area contributed by atoms with Gasteiger partial charge in [-0.3, -0.25) is 15.0 Å². The molecule has 0 radical (unpaired) electrons. The fraction of sp³-hybridized carbons (Fsp3) is 0.0227. The highest BCUT2D eigenvalue weighted by atomic mass is 16.5. The normalized spacial score (nSPS) is 11.8. The average molecular weight is 672 g/mol. The van der Waals surface area contributed by atoms with E-state index in [9.17, 15) is 0 Å². The number of hydrogen-bond donors (Lipinski definition) is 2. The third-order valence-corrected chi connectivity index (χ3v) is 9.13. The molecule has 0 fully saturated rings. The fourth-order valence-corrected chi connectivity index (χ4v) is 6.82. The number of rotatable bonds is 6. The molecule has 0 spiro atoms. The molecule has 246 valence electrons. The summed E-state index contributed by atoms with van der Waals surface area (Å²) in [5.41, 5.74) is 14.7. The Kier molecular flexibility index (Phi) is 7.76. The lowest BCUT2D eigenvalue weighted by atomic mass is 10.0. The number of fused-ring (bicyclic) bond motifs is 8. The van der Waals surface area contributed by atoms with E-state index in [4.69, 9.17) is 21.1 Å². The van der Waals surface area contributed by atoms with Gasteiger partial charge in [-0.05, 0) is 119 Å². The van der Waals surface area contributed by atoms with Gasteiger partial charge in [0.15, 0.2) is 0 Å². The average Bonchev–Trinajstić information content (AvgIpc) is 4.04. The number of terminal acetylenes is 1. The van der Waals surface area contributed by atoms with Crippen molar-refractivity contribution in [1.82, 2.24) is 34.9 Å². The van der Waals surface area contributed by atoms with E-state index in [1.54, 1.807) is 37.2 Å². The van der Waals surface area contributed by atoms with Crippen molar-refractivity contribution < 1.29 is 4.74 Å². The van der Waals surface area contributed by atoms with Crippen molar-refractivity contribution in [3.05, 3.63) is 145 Å². The molecule has 8 heterocycles. The van der Waals surface area contributed by atoms with Gasteiger partial charge in [-0.25, -0.2) is 9.97 Å². The number of H-pyrrole nitrogens is 2. The largest absolute Gasteiger partial charge is 0.481 e. The highest BCUT2D eigenvalue weighted by molar-refractivity contribution is 5.99. The maximum absolute atomic E-state index is 5.70. The Hall–Kier alpha value is -7.37. The Morgan fingerprint density at radius 2 is 0.769 bits per heavy atom. The molecule has 0 aliphatic carbocycles. The molecule has 0 unspecified atom stereocenters. The van der Waals surface area contributed by atoms with Crippen LogP contribution in [0.25, 0.3) is 90.9 Å². The van der Waals surface area contributed by atoms with Crippen LogP contribution in [0.15, 0.2) is 122 Å². The van der Waals surface area contributed by atoms with Crippen LogP contribution in [0.3, 0.4) is 0 Å². The van der Waals surface area contributed by atoms with E-state index in [0.717, 1.165) is 89.4 Å². The van der Waals surface area contributed by atoms with Gasteiger partial charge in [0, 0.05) is 81.5 Å². The van der Waals surface area contributed by atoms with Gasteiger partial charge in [0.2, 0.25) is 0 Å². The van der Waals surface area contributed by atoms with Crippen LogP contribution in [0, 0.1) is 12.3 Å². The molecule has 9 rings (SSSR count). The maximum atomic E-state index is 5.70. The lowest BCUT2D eigenvalue weighted by Crippen LogP contribution is -1.93. The second-order valence-corrected chi connectivity index (χ2v) is 12.2. The molecule has 2 N–H and O–H groups in total. The van der Waals surface area contributed by atoms with E-state index in [1.165, 1.54) is 0 Å². The number of nitrogens with one attached hydrogen (secondary N) is 2. The monoisotopic (exact) mass is 671 g/mol. The number of hydrogen-bond acceptors (Lipinski definition) is 6. The molecule has 6 aromatic heterocycles. The van der Waals surface area contributed by atoms with Crippen molar-refractivity contribution in [3.8, 4) is 62.6 Å². The van der Waals surface area contributed by atoms with Crippen molar-refractivity contribution >= 4 is 46.4 Å². The quantitative estimate of drug-likeness (QED) is 0.171. The number of aromatic amines is 2. The highest BCUT2D eigenvalue weighted by Gasteiger charge is 2.19. The SMILES string of the molecule is C#CCOc1ccc(-c2c3nc(c(-c4ccncc4)c4ccc([nH]4)c(-c4ccncc4)c4nc(c(-c5ccncc5)c5ccc2[nH]5)C=C4)C=C3)cc1. The summed E-state index contributed by atoms with van der Waals surface area (Å²) in [7, 11) is 0. The van der Waals surface area contributed by atoms with Crippen LogP contribution < -0.4 is 4.74 Å². The number of ether oxygens (including phenoxy) is 1. The summed E-state index contributed by atoms with van der Waals surface area (Å²) in [5.74, 6) is 3.23. The summed E-state index contributed by atoms with van der Waals surface area (Å²) < 4.78 is 5.70. The molecule has 0 saturated heterocycles. The Bertz CT molecular complexity index is 2690. The molecule has 1 aromatic carbocycles. The standard InChI is InChI=1S/C44H29N7O/c1-2-27-52-32-5-3-28(4-6-32)41-33-7-9-35(48-33)42(29-15-21-45-22-16-29)37-11-13-39(50-37)44(31-19-25-47-26-20-31)40-14-12-38(51-40)43(30-17-23-46-24-18-30)36-10-8-34(41)49-36/h1,3-26,48,51H,27H2. The molecule has 52 heavy (non-hydrogen) atoms. The van der Waals surface area contributed by atoms with Crippen LogP contribution in [0.5, 0.6) is 5.75 Å². The summed E-state index contributed by atoms with van der Waals surface area (Å²) in [6.07, 6.45) is 24.6. The van der Waals surface area contributed by atoms with Gasteiger partial charge in [-0.1, -0.05) is 18.1 Å². The summed E-state index contributed by atoms with van der Waals surface area (Å²) in [6.45, 7) is 0.199. The topological polar surface area (TPSA) is 105 Å². The second-order valence-electron chi connectivity index (χ2n) is 12.2. The van der Waals surface area contributed by atoms with E-state index in [0.29, 0.717) is 5.75 Å². The first-order valence-electron chi connectivity index (χ1n) is 16.8. The minimum absolute atomic E-state index is 0.199. The predicted octanol–water partition coefficient (Wildman–Crippen LogP) is 9.52. The van der Waals surface area contributed by atoms with Crippen LogP contribution in [0.1, 0.15) is 22.8 Å². The molecule has 8 heteroatoms. The first-order valence-corrected chi connectivity index (χ1v) is 16.8. The van der Waals surface area contributed by atoms with E-state index in [1.807, 2.05) is 60.7 Å². The lowest BCUT2D eigenvalue weighted by Gasteiger charge is -2.07.